The van der Waals surface area contributed by atoms with Crippen molar-refractivity contribution in [2.24, 2.45) is 0 Å². The number of benzene rings is 1. The van der Waals surface area contributed by atoms with E-state index in [0.717, 1.165) is 0 Å². The number of nitrogens with zero attached hydrogens (tertiary/aromatic N) is 1. The minimum Gasteiger partial charge on any atom is -0.368 e. The molecule has 0 amide bonds. The van der Waals surface area contributed by atoms with Crippen LogP contribution in [0.25, 0.3) is 0 Å². The van der Waals surface area contributed by atoms with Crippen LogP contribution in [0.2, 0.25) is 0 Å². The van der Waals surface area contributed by atoms with Crippen LogP contribution in [0.4, 0.5) is 5.69 Å². The number of anilines is 1. The summed E-state index contributed by atoms with van der Waals surface area (Å²) in [5.74, 6) is 0. The zero-order chi connectivity index (χ0) is 11.9. The molecule has 0 unspecified atom stereocenters. The summed E-state index contributed by atoms with van der Waals surface area (Å²) in [5.41, 5.74) is 3.49. The van der Waals surface area contributed by atoms with E-state index in [0.29, 0.717) is 11.5 Å². The molecule has 1 aromatic carbocycles. The van der Waals surface area contributed by atoms with Crippen LogP contribution in [0, 0.1) is 0 Å². The highest BCUT2D eigenvalue weighted by atomic mass is 15.2. The first-order valence-electron chi connectivity index (χ1n) is 6.80. The predicted molar refractivity (Wildman–Crippen MR) is 72.7 cm³/mol. The number of para-hydroxylation sites is 1. The smallest absolute Gasteiger partial charge is 0.0407 e. The van der Waals surface area contributed by atoms with Crippen LogP contribution >= 0.6 is 0 Å². The van der Waals surface area contributed by atoms with E-state index in [-0.39, 0.29) is 0 Å². The molecule has 0 aliphatic carbocycles. The van der Waals surface area contributed by atoms with Gasteiger partial charge in [-0.05, 0) is 51.4 Å². The van der Waals surface area contributed by atoms with Crippen molar-refractivity contribution in [1.29, 1.82) is 0 Å². The number of piperidine rings is 1. The van der Waals surface area contributed by atoms with Crippen LogP contribution in [-0.4, -0.2) is 25.7 Å². The van der Waals surface area contributed by atoms with Crippen molar-refractivity contribution < 1.29 is 0 Å². The molecule has 17 heavy (non-hydrogen) atoms. The van der Waals surface area contributed by atoms with Crippen LogP contribution in [0.5, 0.6) is 0 Å². The lowest BCUT2D eigenvalue weighted by Gasteiger charge is -2.35. The summed E-state index contributed by atoms with van der Waals surface area (Å²) < 4.78 is 0. The molecule has 0 radical (unpaired) electrons. The molecule has 2 aliphatic heterocycles. The minimum atomic E-state index is 0.423. The predicted octanol–water partition coefficient (Wildman–Crippen LogP) is 2.54. The third kappa shape index (κ3) is 1.66. The second-order valence-electron chi connectivity index (χ2n) is 5.77. The van der Waals surface area contributed by atoms with Gasteiger partial charge in [-0.2, -0.15) is 0 Å². The lowest BCUT2D eigenvalue weighted by Crippen LogP contribution is -2.44. The van der Waals surface area contributed by atoms with Crippen LogP contribution in [0.3, 0.4) is 0 Å². The molecule has 2 heterocycles. The quantitative estimate of drug-likeness (QED) is 0.797. The van der Waals surface area contributed by atoms with Crippen LogP contribution in [0.15, 0.2) is 24.3 Å². The first-order chi connectivity index (χ1) is 8.23. The summed E-state index contributed by atoms with van der Waals surface area (Å²) in [6, 6.07) is 9.63. The molecule has 92 valence electrons. The number of nitrogens with one attached hydrogen (secondary N) is 1. The fourth-order valence-electron chi connectivity index (χ4n) is 3.46. The molecule has 2 nitrogen and oxygen atoms in total. The minimum absolute atomic E-state index is 0.423. The lowest BCUT2D eigenvalue weighted by atomic mass is 9.75. The molecular weight excluding hydrogens is 208 g/mol. The van der Waals surface area contributed by atoms with Gasteiger partial charge >= 0.3 is 0 Å². The molecule has 1 aromatic rings. The summed E-state index contributed by atoms with van der Waals surface area (Å²) >= 11 is 0. The maximum Gasteiger partial charge on any atom is 0.0407 e. The zero-order valence-corrected chi connectivity index (χ0v) is 10.9. The largest absolute Gasteiger partial charge is 0.368 e. The van der Waals surface area contributed by atoms with Gasteiger partial charge in [-0.15, -0.1) is 0 Å². The molecule has 1 spiro atoms. The molecule has 0 bridgehead atoms. The van der Waals surface area contributed by atoms with Crippen molar-refractivity contribution in [2.75, 3.05) is 24.5 Å². The molecule has 0 aromatic heterocycles. The van der Waals surface area contributed by atoms with E-state index in [4.69, 9.17) is 0 Å². The highest BCUT2D eigenvalue weighted by molar-refractivity contribution is 5.63. The number of fused-ring (bicyclic) bond motifs is 2. The molecule has 1 fully saturated rings. The van der Waals surface area contributed by atoms with Gasteiger partial charge in [-0.25, -0.2) is 0 Å². The number of hydrogen-bond acceptors (Lipinski definition) is 2. The summed E-state index contributed by atoms with van der Waals surface area (Å²) in [4.78, 5) is 2.58. The summed E-state index contributed by atoms with van der Waals surface area (Å²) in [6.07, 6.45) is 2.57. The standard InChI is InChI=1S/C15H22N2/c1-12(2)17-11-15(7-9-16-10-8-15)13-5-3-4-6-14(13)17/h3-6,12,16H,7-11H2,1-2H3. The van der Waals surface area contributed by atoms with Crippen LogP contribution in [-0.2, 0) is 5.41 Å². The van der Waals surface area contributed by atoms with Crippen molar-refractivity contribution in [3.63, 3.8) is 0 Å². The Hall–Kier alpha value is -1.02. The van der Waals surface area contributed by atoms with Crippen molar-refractivity contribution in [1.82, 2.24) is 5.32 Å². The monoisotopic (exact) mass is 230 g/mol. The molecule has 1 N–H and O–H groups in total. The van der Waals surface area contributed by atoms with Crippen molar-refractivity contribution in [2.45, 2.75) is 38.1 Å². The fourth-order valence-corrected chi connectivity index (χ4v) is 3.46. The van der Waals surface area contributed by atoms with E-state index >= 15 is 0 Å². The van der Waals surface area contributed by atoms with Gasteiger partial charge in [0.2, 0.25) is 0 Å². The van der Waals surface area contributed by atoms with Crippen molar-refractivity contribution in [3.8, 4) is 0 Å². The van der Waals surface area contributed by atoms with Gasteiger partial charge in [0, 0.05) is 23.7 Å². The Balaban J connectivity index is 2.04. The second-order valence-corrected chi connectivity index (χ2v) is 5.77. The van der Waals surface area contributed by atoms with Gasteiger partial charge in [0.15, 0.2) is 0 Å². The Morgan fingerprint density at radius 3 is 2.59 bits per heavy atom. The maximum atomic E-state index is 3.49. The highest BCUT2D eigenvalue weighted by Crippen LogP contribution is 2.46. The maximum absolute atomic E-state index is 3.49. The number of rotatable bonds is 1. The Kier molecular flexibility index (Phi) is 2.62. The molecule has 0 atom stereocenters. The van der Waals surface area contributed by atoms with Gasteiger partial charge in [-0.1, -0.05) is 18.2 Å². The van der Waals surface area contributed by atoms with E-state index in [2.05, 4.69) is 48.3 Å². The topological polar surface area (TPSA) is 15.3 Å². The molecule has 3 rings (SSSR count). The second kappa shape index (κ2) is 4.02. The average Bonchev–Trinajstić information content (AvgIpc) is 2.66. The summed E-state index contributed by atoms with van der Waals surface area (Å²) in [7, 11) is 0. The van der Waals surface area contributed by atoms with Gasteiger partial charge in [0.05, 0.1) is 0 Å². The molecule has 2 aliphatic rings. The van der Waals surface area contributed by atoms with Gasteiger partial charge in [0.25, 0.3) is 0 Å². The van der Waals surface area contributed by atoms with E-state index in [9.17, 15) is 0 Å². The van der Waals surface area contributed by atoms with E-state index in [1.165, 1.54) is 38.2 Å². The van der Waals surface area contributed by atoms with Crippen molar-refractivity contribution >= 4 is 5.69 Å². The molecule has 0 saturated carbocycles. The first-order valence-corrected chi connectivity index (χ1v) is 6.80. The van der Waals surface area contributed by atoms with Crippen LogP contribution in [0.1, 0.15) is 32.3 Å². The van der Waals surface area contributed by atoms with Crippen LogP contribution < -0.4 is 10.2 Å². The first kappa shape index (κ1) is 11.1. The Bertz CT molecular complexity index is 405. The summed E-state index contributed by atoms with van der Waals surface area (Å²) in [5, 5.41) is 3.49. The van der Waals surface area contributed by atoms with E-state index in [1.807, 2.05) is 0 Å². The third-order valence-corrected chi connectivity index (χ3v) is 4.44. The SMILES string of the molecule is CC(C)N1CC2(CCNCC2)c2ccccc21. The van der Waals surface area contributed by atoms with E-state index in [1.54, 1.807) is 5.56 Å². The van der Waals surface area contributed by atoms with Gasteiger partial charge in [0.1, 0.15) is 0 Å². The van der Waals surface area contributed by atoms with Crippen molar-refractivity contribution in [3.05, 3.63) is 29.8 Å². The Morgan fingerprint density at radius 1 is 1.18 bits per heavy atom. The van der Waals surface area contributed by atoms with E-state index < -0.39 is 0 Å². The van der Waals surface area contributed by atoms with Gasteiger partial charge < -0.3 is 10.2 Å². The average molecular weight is 230 g/mol. The molecule has 1 saturated heterocycles. The fraction of sp³-hybridized carbons (Fsp3) is 0.600. The molecular formula is C15H22N2. The molecule has 2 heteroatoms. The normalized spacial score (nSPS) is 22.2. The third-order valence-electron chi connectivity index (χ3n) is 4.44. The number of hydrogen-bond donors (Lipinski definition) is 1. The Labute approximate surface area is 104 Å². The summed E-state index contributed by atoms with van der Waals surface area (Å²) in [6.45, 7) is 8.15. The zero-order valence-electron chi connectivity index (χ0n) is 10.9. The van der Waals surface area contributed by atoms with Gasteiger partial charge in [-0.3, -0.25) is 0 Å². The highest BCUT2D eigenvalue weighted by Gasteiger charge is 2.43. The lowest BCUT2D eigenvalue weighted by molar-refractivity contribution is 0.322. The Morgan fingerprint density at radius 2 is 1.88 bits per heavy atom.